The highest BCUT2D eigenvalue weighted by Crippen LogP contribution is 2.59. The number of hydrogen-bond donors (Lipinski definition) is 0. The summed E-state index contributed by atoms with van der Waals surface area (Å²) in [5.41, 5.74) is 0. The lowest BCUT2D eigenvalue weighted by atomic mass is 10.5. The molecule has 0 spiro atoms. The largest absolute Gasteiger partial charge is 0.321 e. The minimum Gasteiger partial charge on any atom is -0.321 e. The minimum absolute atomic E-state index is 0.484. The van der Waals surface area contributed by atoms with Crippen LogP contribution in [0.2, 0.25) is 0 Å². The topological polar surface area (TPSA) is 26.3 Å². The molecule has 0 radical (unpaired) electrons. The van der Waals surface area contributed by atoms with Gasteiger partial charge in [-0.1, -0.05) is 31.3 Å². The van der Waals surface area contributed by atoms with Crippen molar-refractivity contribution in [3.05, 3.63) is 12.7 Å². The van der Waals surface area contributed by atoms with Crippen molar-refractivity contribution in [3.8, 4) is 0 Å². The molecule has 1 unspecified atom stereocenters. The van der Waals surface area contributed by atoms with Crippen molar-refractivity contribution in [2.24, 2.45) is 0 Å². The third-order valence-corrected chi connectivity index (χ3v) is 6.09. The van der Waals surface area contributed by atoms with Gasteiger partial charge in [0.25, 0.3) is 6.57 Å². The molecule has 0 aromatic rings. The van der Waals surface area contributed by atoms with Crippen LogP contribution in [-0.4, -0.2) is 18.5 Å². The minimum atomic E-state index is -2.45. The summed E-state index contributed by atoms with van der Waals surface area (Å²) in [6.07, 6.45) is 4.10. The van der Waals surface area contributed by atoms with E-state index in [1.54, 1.807) is 6.08 Å². The zero-order valence-corrected chi connectivity index (χ0v) is 10.2. The van der Waals surface area contributed by atoms with Crippen molar-refractivity contribution < 1.29 is 9.09 Å². The first-order valence-electron chi connectivity index (χ1n) is 4.67. The Labute approximate surface area is 85.3 Å². The first-order chi connectivity index (χ1) is 6.18. The lowest BCUT2D eigenvalue weighted by Crippen LogP contribution is -1.93. The first kappa shape index (κ1) is 13.3. The van der Waals surface area contributed by atoms with Crippen LogP contribution in [0.4, 0.5) is 0 Å². The van der Waals surface area contributed by atoms with Crippen LogP contribution in [0.25, 0.3) is 0 Å². The Hall–Kier alpha value is 0.280. The molecule has 0 amide bonds. The summed E-state index contributed by atoms with van der Waals surface area (Å²) in [5.74, 6) is 0.898. The van der Waals surface area contributed by atoms with Crippen LogP contribution in [0.15, 0.2) is 12.7 Å². The maximum atomic E-state index is 12.0. The molecule has 0 rings (SSSR count). The molecular weight excluding hydrogens is 203 g/mol. The molecule has 78 valence electrons. The molecule has 1 atom stereocenters. The van der Waals surface area contributed by atoms with Crippen molar-refractivity contribution in [1.29, 1.82) is 0 Å². The standard InChI is InChI=1S/C9H19O2PS/c1-4-7-11-12(10,8-5-2)13-9-6-3/h5H,2,4,6-9H2,1,3H3. The van der Waals surface area contributed by atoms with Crippen LogP contribution in [-0.2, 0) is 9.09 Å². The third-order valence-electron chi connectivity index (χ3n) is 1.34. The Morgan fingerprint density at radius 1 is 1.46 bits per heavy atom. The zero-order valence-electron chi connectivity index (χ0n) is 8.49. The van der Waals surface area contributed by atoms with Crippen molar-refractivity contribution in [2.45, 2.75) is 26.7 Å². The predicted molar refractivity (Wildman–Crippen MR) is 61.7 cm³/mol. The molecule has 0 aromatic carbocycles. The van der Waals surface area contributed by atoms with Gasteiger partial charge >= 0.3 is 0 Å². The number of rotatable bonds is 8. The first-order valence-corrected chi connectivity index (χ1v) is 8.07. The Bertz CT molecular complexity index is 170. The van der Waals surface area contributed by atoms with Gasteiger partial charge in [-0.05, 0) is 12.8 Å². The van der Waals surface area contributed by atoms with Gasteiger partial charge in [-0.15, -0.1) is 6.58 Å². The van der Waals surface area contributed by atoms with Gasteiger partial charge in [-0.25, -0.2) is 0 Å². The molecule has 0 saturated carbocycles. The van der Waals surface area contributed by atoms with E-state index in [9.17, 15) is 4.57 Å². The second-order valence-corrected chi connectivity index (χ2v) is 7.70. The summed E-state index contributed by atoms with van der Waals surface area (Å²) >= 11 is 1.45. The Balaban J connectivity index is 3.99. The van der Waals surface area contributed by atoms with E-state index < -0.39 is 6.57 Å². The molecular formula is C9H19O2PS. The highest BCUT2D eigenvalue weighted by atomic mass is 32.7. The van der Waals surface area contributed by atoms with Gasteiger partial charge < -0.3 is 4.52 Å². The van der Waals surface area contributed by atoms with E-state index in [4.69, 9.17) is 4.52 Å². The van der Waals surface area contributed by atoms with Crippen LogP contribution in [0.5, 0.6) is 0 Å². The van der Waals surface area contributed by atoms with E-state index in [0.717, 1.165) is 18.6 Å². The van der Waals surface area contributed by atoms with Gasteiger partial charge in [0.15, 0.2) is 0 Å². The van der Waals surface area contributed by atoms with Gasteiger partial charge in [0.2, 0.25) is 0 Å². The normalized spacial score (nSPS) is 15.2. The second kappa shape index (κ2) is 7.66. The highest BCUT2D eigenvalue weighted by molar-refractivity contribution is 8.56. The molecule has 0 N–H and O–H groups in total. The van der Waals surface area contributed by atoms with Gasteiger partial charge in [0.05, 0.1) is 12.8 Å². The molecule has 0 aromatic heterocycles. The number of allylic oxidation sites excluding steroid dienone is 1. The molecule has 13 heavy (non-hydrogen) atoms. The van der Waals surface area contributed by atoms with E-state index in [1.807, 2.05) is 6.92 Å². The second-order valence-electron chi connectivity index (χ2n) is 2.75. The summed E-state index contributed by atoms with van der Waals surface area (Å²) < 4.78 is 17.4. The fourth-order valence-corrected chi connectivity index (χ4v) is 4.75. The molecule has 0 aliphatic carbocycles. The summed E-state index contributed by atoms with van der Waals surface area (Å²) in [7, 11) is 0. The summed E-state index contributed by atoms with van der Waals surface area (Å²) in [6, 6.07) is 0. The van der Waals surface area contributed by atoms with Crippen molar-refractivity contribution in [1.82, 2.24) is 0 Å². The van der Waals surface area contributed by atoms with E-state index in [2.05, 4.69) is 13.5 Å². The maximum absolute atomic E-state index is 12.0. The molecule has 2 nitrogen and oxygen atoms in total. The zero-order chi connectivity index (χ0) is 10.2. The Morgan fingerprint density at radius 2 is 2.15 bits per heavy atom. The summed E-state index contributed by atoms with van der Waals surface area (Å²) in [6.45, 7) is 5.82. The van der Waals surface area contributed by atoms with E-state index >= 15 is 0 Å². The average molecular weight is 222 g/mol. The molecule has 0 fully saturated rings. The quantitative estimate of drug-likeness (QED) is 0.459. The monoisotopic (exact) mass is 222 g/mol. The Kier molecular flexibility index (Phi) is 7.83. The van der Waals surface area contributed by atoms with E-state index in [0.29, 0.717) is 12.8 Å². The fraction of sp³-hybridized carbons (Fsp3) is 0.778. The van der Waals surface area contributed by atoms with Crippen LogP contribution in [0.1, 0.15) is 26.7 Å². The van der Waals surface area contributed by atoms with Crippen LogP contribution < -0.4 is 0 Å². The van der Waals surface area contributed by atoms with Gasteiger partial charge in [-0.2, -0.15) is 0 Å². The molecule has 0 bridgehead atoms. The molecule has 0 saturated heterocycles. The lowest BCUT2D eigenvalue weighted by Gasteiger charge is -2.15. The lowest BCUT2D eigenvalue weighted by molar-refractivity contribution is 0.326. The van der Waals surface area contributed by atoms with Gasteiger partial charge in [0, 0.05) is 5.75 Å². The highest BCUT2D eigenvalue weighted by Gasteiger charge is 2.20. The molecule has 0 aliphatic rings. The summed E-state index contributed by atoms with van der Waals surface area (Å²) in [4.78, 5) is 0. The third kappa shape index (κ3) is 6.36. The summed E-state index contributed by atoms with van der Waals surface area (Å²) in [5, 5.41) is 0. The van der Waals surface area contributed by atoms with E-state index in [1.165, 1.54) is 11.4 Å². The van der Waals surface area contributed by atoms with Crippen molar-refractivity contribution >= 4 is 18.0 Å². The number of hydrogen-bond acceptors (Lipinski definition) is 3. The van der Waals surface area contributed by atoms with Crippen molar-refractivity contribution in [2.75, 3.05) is 18.5 Å². The molecule has 0 aliphatic heterocycles. The maximum Gasteiger partial charge on any atom is 0.261 e. The average Bonchev–Trinajstić information content (AvgIpc) is 2.12. The fourth-order valence-electron chi connectivity index (χ4n) is 0.762. The smallest absolute Gasteiger partial charge is 0.261 e. The van der Waals surface area contributed by atoms with Crippen LogP contribution in [0.3, 0.4) is 0 Å². The van der Waals surface area contributed by atoms with Crippen LogP contribution >= 0.6 is 18.0 Å². The van der Waals surface area contributed by atoms with Gasteiger partial charge in [0.1, 0.15) is 0 Å². The molecule has 4 heteroatoms. The van der Waals surface area contributed by atoms with Crippen molar-refractivity contribution in [3.63, 3.8) is 0 Å². The van der Waals surface area contributed by atoms with Crippen LogP contribution in [0, 0.1) is 0 Å². The van der Waals surface area contributed by atoms with E-state index in [-0.39, 0.29) is 0 Å². The Morgan fingerprint density at radius 3 is 2.62 bits per heavy atom. The SMILES string of the molecule is C=CCP(=O)(OCCC)SCCC. The molecule has 0 heterocycles. The van der Waals surface area contributed by atoms with Gasteiger partial charge in [-0.3, -0.25) is 4.57 Å². The predicted octanol–water partition coefficient (Wildman–Crippen LogP) is 3.94.